The Morgan fingerprint density at radius 3 is 2.79 bits per heavy atom. The number of likely N-dealkylation sites (N-methyl/N-ethyl adjacent to an activating group) is 1. The lowest BCUT2D eigenvalue weighted by molar-refractivity contribution is 0.189. The van der Waals surface area contributed by atoms with Crippen molar-refractivity contribution in [2.45, 2.75) is 32.4 Å². The summed E-state index contributed by atoms with van der Waals surface area (Å²) in [6.07, 6.45) is 1.02. The molecule has 0 aliphatic carbocycles. The van der Waals surface area contributed by atoms with Crippen LogP contribution in [0.3, 0.4) is 0 Å². The average Bonchev–Trinajstić information content (AvgIpc) is 2.76. The third-order valence-corrected chi connectivity index (χ3v) is 4.37. The molecule has 0 saturated heterocycles. The summed E-state index contributed by atoms with van der Waals surface area (Å²) in [4.78, 5) is 2.24. The molecule has 0 saturated carbocycles. The van der Waals surface area contributed by atoms with E-state index in [1.807, 2.05) is 0 Å². The lowest BCUT2D eigenvalue weighted by Crippen LogP contribution is -2.46. The number of rotatable bonds is 5. The van der Waals surface area contributed by atoms with Gasteiger partial charge in [0.1, 0.15) is 5.75 Å². The Labute approximate surface area is 124 Å². The fourth-order valence-electron chi connectivity index (χ4n) is 2.14. The van der Waals surface area contributed by atoms with E-state index in [0.717, 1.165) is 36.3 Å². The molecule has 1 N–H and O–H groups in total. The van der Waals surface area contributed by atoms with Crippen LogP contribution in [0, 0.1) is 0 Å². The Morgan fingerprint density at radius 2 is 2.11 bits per heavy atom. The maximum absolute atomic E-state index is 5.74. The average molecular weight is 327 g/mol. The summed E-state index contributed by atoms with van der Waals surface area (Å²) in [6, 6.07) is 4.31. The summed E-state index contributed by atoms with van der Waals surface area (Å²) in [7, 11) is 4.23. The fraction of sp³-hybridized carbons (Fsp3) is 0.600. The van der Waals surface area contributed by atoms with E-state index in [4.69, 9.17) is 4.74 Å². The Balaban J connectivity index is 2.01. The predicted molar refractivity (Wildman–Crippen MR) is 82.8 cm³/mol. The summed E-state index contributed by atoms with van der Waals surface area (Å²) < 4.78 is 6.88. The van der Waals surface area contributed by atoms with Crippen molar-refractivity contribution >= 4 is 15.9 Å². The van der Waals surface area contributed by atoms with Crippen molar-refractivity contribution in [2.24, 2.45) is 0 Å². The monoisotopic (exact) mass is 326 g/mol. The van der Waals surface area contributed by atoms with Gasteiger partial charge in [0.05, 0.1) is 6.61 Å². The maximum Gasteiger partial charge on any atom is 0.127 e. The van der Waals surface area contributed by atoms with Crippen molar-refractivity contribution in [1.82, 2.24) is 10.2 Å². The molecule has 1 heterocycles. The molecular formula is C15H23BrN2O. The van der Waals surface area contributed by atoms with Gasteiger partial charge in [0, 0.05) is 35.1 Å². The molecular weight excluding hydrogens is 304 g/mol. The highest BCUT2D eigenvalue weighted by Gasteiger charge is 2.21. The largest absolute Gasteiger partial charge is 0.493 e. The van der Waals surface area contributed by atoms with E-state index in [2.05, 4.69) is 66.2 Å². The van der Waals surface area contributed by atoms with Crippen LogP contribution in [0.15, 0.2) is 16.6 Å². The van der Waals surface area contributed by atoms with E-state index < -0.39 is 0 Å². The van der Waals surface area contributed by atoms with E-state index >= 15 is 0 Å². The van der Waals surface area contributed by atoms with E-state index in [1.165, 1.54) is 11.1 Å². The van der Waals surface area contributed by atoms with Gasteiger partial charge in [-0.1, -0.05) is 15.9 Å². The highest BCUT2D eigenvalue weighted by molar-refractivity contribution is 9.10. The van der Waals surface area contributed by atoms with Gasteiger partial charge in [-0.15, -0.1) is 0 Å². The van der Waals surface area contributed by atoms with Gasteiger partial charge in [-0.25, -0.2) is 0 Å². The number of ether oxygens (including phenoxy) is 1. The lowest BCUT2D eigenvalue weighted by atomic mass is 10.0. The van der Waals surface area contributed by atoms with E-state index in [9.17, 15) is 0 Å². The molecule has 3 nitrogen and oxygen atoms in total. The number of nitrogens with one attached hydrogen (secondary N) is 1. The van der Waals surface area contributed by atoms with Crippen LogP contribution < -0.4 is 10.1 Å². The van der Waals surface area contributed by atoms with Gasteiger partial charge in [0.25, 0.3) is 0 Å². The second-order valence-corrected chi connectivity index (χ2v) is 6.88. The predicted octanol–water partition coefficient (Wildman–Crippen LogP) is 2.81. The summed E-state index contributed by atoms with van der Waals surface area (Å²) in [6.45, 7) is 7.08. The minimum atomic E-state index is 0.149. The molecule has 19 heavy (non-hydrogen) atoms. The Bertz CT molecular complexity index is 458. The number of hydrogen-bond donors (Lipinski definition) is 1. The zero-order valence-corrected chi connectivity index (χ0v) is 13.8. The molecule has 0 amide bonds. The van der Waals surface area contributed by atoms with Gasteiger partial charge in [-0.3, -0.25) is 0 Å². The summed E-state index contributed by atoms with van der Waals surface area (Å²) in [5, 5.41) is 3.54. The molecule has 0 fully saturated rings. The van der Waals surface area contributed by atoms with Crippen molar-refractivity contribution in [3.05, 3.63) is 27.7 Å². The van der Waals surface area contributed by atoms with Gasteiger partial charge in [0.2, 0.25) is 0 Å². The maximum atomic E-state index is 5.74. The van der Waals surface area contributed by atoms with E-state index in [0.29, 0.717) is 0 Å². The second kappa shape index (κ2) is 5.81. The normalized spacial score (nSPS) is 14.6. The van der Waals surface area contributed by atoms with Gasteiger partial charge in [0.15, 0.2) is 0 Å². The topological polar surface area (TPSA) is 24.5 Å². The zero-order valence-electron chi connectivity index (χ0n) is 12.2. The number of fused-ring (bicyclic) bond motifs is 1. The third kappa shape index (κ3) is 3.50. The highest BCUT2D eigenvalue weighted by atomic mass is 79.9. The number of nitrogens with zero attached hydrogens (tertiary/aromatic N) is 1. The van der Waals surface area contributed by atoms with Crippen LogP contribution in [0.5, 0.6) is 5.75 Å². The van der Waals surface area contributed by atoms with Gasteiger partial charge >= 0.3 is 0 Å². The summed E-state index contributed by atoms with van der Waals surface area (Å²) in [5.41, 5.74) is 2.71. The first kappa shape index (κ1) is 14.8. The third-order valence-electron chi connectivity index (χ3n) is 3.91. The molecule has 0 radical (unpaired) electrons. The Kier molecular flexibility index (Phi) is 4.54. The van der Waals surface area contributed by atoms with Gasteiger partial charge in [-0.05, 0) is 45.6 Å². The van der Waals surface area contributed by atoms with Crippen LogP contribution in [-0.4, -0.2) is 37.7 Å². The number of halogens is 1. The van der Waals surface area contributed by atoms with E-state index in [-0.39, 0.29) is 5.54 Å². The molecule has 106 valence electrons. The zero-order chi connectivity index (χ0) is 14.0. The first-order chi connectivity index (χ1) is 8.90. The lowest BCUT2D eigenvalue weighted by Gasteiger charge is -2.32. The number of hydrogen-bond acceptors (Lipinski definition) is 3. The van der Waals surface area contributed by atoms with Crippen LogP contribution in [-0.2, 0) is 13.0 Å². The van der Waals surface area contributed by atoms with Crippen molar-refractivity contribution in [2.75, 3.05) is 27.2 Å². The molecule has 1 aromatic rings. The first-order valence-corrected chi connectivity index (χ1v) is 7.52. The molecule has 0 aromatic heterocycles. The molecule has 0 bridgehead atoms. The second-order valence-electron chi connectivity index (χ2n) is 5.96. The van der Waals surface area contributed by atoms with Crippen molar-refractivity contribution in [1.29, 1.82) is 0 Å². The molecule has 1 aromatic carbocycles. The molecule has 4 heteroatoms. The molecule has 0 atom stereocenters. The Hall–Kier alpha value is -0.580. The minimum absolute atomic E-state index is 0.149. The van der Waals surface area contributed by atoms with Gasteiger partial charge < -0.3 is 15.0 Å². The van der Waals surface area contributed by atoms with E-state index in [1.54, 1.807) is 0 Å². The fourth-order valence-corrected chi connectivity index (χ4v) is 2.69. The molecule has 1 aliphatic heterocycles. The van der Waals surface area contributed by atoms with Crippen molar-refractivity contribution < 1.29 is 4.74 Å². The van der Waals surface area contributed by atoms with Gasteiger partial charge in [-0.2, -0.15) is 0 Å². The molecule has 0 spiro atoms. The smallest absolute Gasteiger partial charge is 0.127 e. The van der Waals surface area contributed by atoms with Crippen LogP contribution >= 0.6 is 15.9 Å². The standard InChI is InChI=1S/C15H23BrN2O/c1-15(2,18(3)4)10-17-9-12-8-13(16)7-11-5-6-19-14(11)12/h7-8,17H,5-6,9-10H2,1-4H3. The summed E-state index contributed by atoms with van der Waals surface area (Å²) in [5.74, 6) is 1.08. The molecule has 1 aliphatic rings. The van der Waals surface area contributed by atoms with Crippen molar-refractivity contribution in [3.63, 3.8) is 0 Å². The van der Waals surface area contributed by atoms with Crippen LogP contribution in [0.4, 0.5) is 0 Å². The SMILES string of the molecule is CN(C)C(C)(C)CNCc1cc(Br)cc2c1OCC2. The van der Waals surface area contributed by atoms with Crippen LogP contribution in [0.25, 0.3) is 0 Å². The van der Waals surface area contributed by atoms with Crippen LogP contribution in [0.2, 0.25) is 0 Å². The van der Waals surface area contributed by atoms with Crippen molar-refractivity contribution in [3.8, 4) is 5.75 Å². The number of benzene rings is 1. The summed E-state index contributed by atoms with van der Waals surface area (Å²) >= 11 is 3.58. The molecule has 0 unspecified atom stereocenters. The first-order valence-electron chi connectivity index (χ1n) is 6.72. The molecule has 2 rings (SSSR count). The quantitative estimate of drug-likeness (QED) is 0.900. The highest BCUT2D eigenvalue weighted by Crippen LogP contribution is 2.32. The Morgan fingerprint density at radius 1 is 1.37 bits per heavy atom. The van der Waals surface area contributed by atoms with Crippen LogP contribution in [0.1, 0.15) is 25.0 Å². The minimum Gasteiger partial charge on any atom is -0.493 e.